The summed E-state index contributed by atoms with van der Waals surface area (Å²) < 4.78 is 12.9. The second-order valence-electron chi connectivity index (χ2n) is 2.70. The smallest absolute Gasteiger partial charge is 0.146 e. The molecule has 4 atom stereocenters. The largest absolute Gasteiger partial charge is 0.395 e. The minimum Gasteiger partial charge on any atom is -0.395 e. The van der Waals surface area contributed by atoms with E-state index in [1.807, 2.05) is 0 Å². The summed E-state index contributed by atoms with van der Waals surface area (Å²) in [5.41, 5.74) is 0. The van der Waals surface area contributed by atoms with Gasteiger partial charge in [0.2, 0.25) is 0 Å². The van der Waals surface area contributed by atoms with Crippen molar-refractivity contribution < 1.29 is 19.7 Å². The van der Waals surface area contributed by atoms with Gasteiger partial charge in [0, 0.05) is 6.54 Å². The molecule has 1 aliphatic heterocycles. The fraction of sp³-hybridized carbons (Fsp3) is 1.00. The van der Waals surface area contributed by atoms with Gasteiger partial charge in [0.15, 0.2) is 0 Å². The summed E-state index contributed by atoms with van der Waals surface area (Å²) in [5.74, 6) is 0. The molecule has 4 N–H and O–H groups in total. The maximum atomic E-state index is 12.9. The first-order chi connectivity index (χ1) is 5.16. The van der Waals surface area contributed by atoms with Crippen LogP contribution in [-0.4, -0.2) is 52.9 Å². The number of aliphatic hydroxyl groups excluding tert-OH is 3. The third kappa shape index (κ3) is 1.67. The molecular weight excluding hydrogens is 153 g/mol. The molecule has 1 saturated heterocycles. The van der Waals surface area contributed by atoms with Gasteiger partial charge >= 0.3 is 0 Å². The topological polar surface area (TPSA) is 72.7 Å². The van der Waals surface area contributed by atoms with Crippen molar-refractivity contribution in [2.45, 2.75) is 24.4 Å². The molecule has 1 fully saturated rings. The lowest BCUT2D eigenvalue weighted by Gasteiger charge is -2.33. The van der Waals surface area contributed by atoms with Crippen LogP contribution in [0.1, 0.15) is 0 Å². The van der Waals surface area contributed by atoms with Crippen LogP contribution in [0.25, 0.3) is 0 Å². The quantitative estimate of drug-likeness (QED) is 0.363. The van der Waals surface area contributed by atoms with E-state index in [1.54, 1.807) is 0 Å². The Kier molecular flexibility index (Phi) is 2.78. The summed E-state index contributed by atoms with van der Waals surface area (Å²) in [4.78, 5) is 0. The van der Waals surface area contributed by atoms with Crippen LogP contribution in [0.15, 0.2) is 0 Å². The van der Waals surface area contributed by atoms with Gasteiger partial charge in [-0.3, -0.25) is 0 Å². The van der Waals surface area contributed by atoms with Crippen LogP contribution in [0, 0.1) is 0 Å². The van der Waals surface area contributed by atoms with E-state index < -0.39 is 24.4 Å². The number of hydrogen-bond donors (Lipinski definition) is 4. The Morgan fingerprint density at radius 1 is 1.45 bits per heavy atom. The molecule has 1 aliphatic rings. The summed E-state index contributed by atoms with van der Waals surface area (Å²) in [7, 11) is 0. The number of hydrogen-bond acceptors (Lipinski definition) is 4. The first-order valence-electron chi connectivity index (χ1n) is 3.51. The molecule has 1 rings (SSSR count). The van der Waals surface area contributed by atoms with Crippen molar-refractivity contribution in [3.63, 3.8) is 0 Å². The average Bonchev–Trinajstić information content (AvgIpc) is 2.01. The van der Waals surface area contributed by atoms with Crippen LogP contribution in [0.5, 0.6) is 0 Å². The monoisotopic (exact) mass is 165 g/mol. The number of aliphatic hydroxyl groups is 3. The van der Waals surface area contributed by atoms with Gasteiger partial charge in [0.1, 0.15) is 12.3 Å². The van der Waals surface area contributed by atoms with Crippen molar-refractivity contribution in [3.8, 4) is 0 Å². The molecule has 0 bridgehead atoms. The summed E-state index contributed by atoms with van der Waals surface area (Å²) in [6.07, 6.45) is -4.05. The highest BCUT2D eigenvalue weighted by atomic mass is 19.1. The van der Waals surface area contributed by atoms with Gasteiger partial charge in [-0.1, -0.05) is 0 Å². The van der Waals surface area contributed by atoms with E-state index in [1.165, 1.54) is 0 Å². The molecule has 0 aromatic carbocycles. The molecule has 4 unspecified atom stereocenters. The number of nitrogens with one attached hydrogen (secondary N) is 1. The van der Waals surface area contributed by atoms with Crippen molar-refractivity contribution in [1.29, 1.82) is 0 Å². The van der Waals surface area contributed by atoms with Crippen LogP contribution >= 0.6 is 0 Å². The minimum atomic E-state index is -1.59. The van der Waals surface area contributed by atoms with Crippen LogP contribution in [0.4, 0.5) is 4.39 Å². The van der Waals surface area contributed by atoms with Crippen molar-refractivity contribution in [1.82, 2.24) is 5.32 Å². The molecule has 0 aromatic heterocycles. The van der Waals surface area contributed by atoms with E-state index in [-0.39, 0.29) is 13.2 Å². The van der Waals surface area contributed by atoms with Gasteiger partial charge in [-0.2, -0.15) is 0 Å². The number of halogens is 1. The summed E-state index contributed by atoms with van der Waals surface area (Å²) >= 11 is 0. The first kappa shape index (κ1) is 8.86. The van der Waals surface area contributed by atoms with Gasteiger partial charge in [-0.15, -0.1) is 0 Å². The Balaban J connectivity index is 2.52. The normalized spacial score (nSPS) is 45.8. The second kappa shape index (κ2) is 3.44. The first-order valence-corrected chi connectivity index (χ1v) is 3.51. The Labute approximate surface area is 63.7 Å². The highest BCUT2D eigenvalue weighted by Gasteiger charge is 2.37. The van der Waals surface area contributed by atoms with Crippen molar-refractivity contribution in [2.75, 3.05) is 13.2 Å². The zero-order valence-electron chi connectivity index (χ0n) is 5.94. The predicted molar refractivity (Wildman–Crippen MR) is 35.8 cm³/mol. The molecule has 11 heavy (non-hydrogen) atoms. The molecule has 0 amide bonds. The van der Waals surface area contributed by atoms with Crippen LogP contribution < -0.4 is 5.32 Å². The van der Waals surface area contributed by atoms with E-state index in [4.69, 9.17) is 15.3 Å². The fourth-order valence-corrected chi connectivity index (χ4v) is 1.12. The van der Waals surface area contributed by atoms with Crippen molar-refractivity contribution in [2.24, 2.45) is 0 Å². The van der Waals surface area contributed by atoms with Crippen LogP contribution in [0.2, 0.25) is 0 Å². The van der Waals surface area contributed by atoms with Gasteiger partial charge in [-0.05, 0) is 0 Å². The van der Waals surface area contributed by atoms with Gasteiger partial charge in [0.05, 0.1) is 18.8 Å². The molecule has 0 aromatic rings. The zero-order chi connectivity index (χ0) is 8.43. The Hall–Kier alpha value is -0.230. The molecule has 1 heterocycles. The zero-order valence-corrected chi connectivity index (χ0v) is 5.94. The minimum absolute atomic E-state index is 0.118. The lowest BCUT2D eigenvalue weighted by atomic mass is 9.98. The average molecular weight is 165 g/mol. The van der Waals surface area contributed by atoms with Crippen LogP contribution in [-0.2, 0) is 0 Å². The molecule has 4 nitrogen and oxygen atoms in total. The predicted octanol–water partition coefficient (Wildman–Crippen LogP) is -1.99. The number of piperidine rings is 1. The third-order valence-corrected chi connectivity index (χ3v) is 1.89. The van der Waals surface area contributed by atoms with Crippen LogP contribution in [0.3, 0.4) is 0 Å². The number of β-amino-alcohol motifs (C(OH)–C–C–N with tert-alkyl or cyclic N) is 1. The Morgan fingerprint density at radius 2 is 2.09 bits per heavy atom. The third-order valence-electron chi connectivity index (χ3n) is 1.89. The highest BCUT2D eigenvalue weighted by Crippen LogP contribution is 2.13. The molecule has 66 valence electrons. The van der Waals surface area contributed by atoms with E-state index >= 15 is 0 Å². The maximum Gasteiger partial charge on any atom is 0.146 e. The van der Waals surface area contributed by atoms with Crippen molar-refractivity contribution in [3.05, 3.63) is 0 Å². The van der Waals surface area contributed by atoms with E-state index in [2.05, 4.69) is 5.32 Å². The van der Waals surface area contributed by atoms with E-state index in [0.29, 0.717) is 0 Å². The van der Waals surface area contributed by atoms with Gasteiger partial charge < -0.3 is 20.6 Å². The van der Waals surface area contributed by atoms with E-state index in [0.717, 1.165) is 0 Å². The highest BCUT2D eigenvalue weighted by molar-refractivity contribution is 4.91. The molecular formula is C6H12FNO3. The lowest BCUT2D eigenvalue weighted by molar-refractivity contribution is -0.0698. The summed E-state index contributed by atoms with van der Waals surface area (Å²) in [6.45, 7) is -0.252. The molecule has 0 aliphatic carbocycles. The maximum absolute atomic E-state index is 12.9. The van der Waals surface area contributed by atoms with Crippen molar-refractivity contribution >= 4 is 0 Å². The SMILES string of the molecule is OCC1NCC(O)C(O)C1F. The summed E-state index contributed by atoms with van der Waals surface area (Å²) in [6, 6.07) is -0.756. The second-order valence-corrected chi connectivity index (χ2v) is 2.70. The molecule has 0 radical (unpaired) electrons. The Bertz CT molecular complexity index is 133. The molecule has 0 saturated carbocycles. The summed E-state index contributed by atoms with van der Waals surface area (Å²) in [5, 5.41) is 29.0. The molecule has 5 heteroatoms. The fourth-order valence-electron chi connectivity index (χ4n) is 1.12. The number of rotatable bonds is 1. The number of alkyl halides is 1. The Morgan fingerprint density at radius 3 is 2.64 bits per heavy atom. The lowest BCUT2D eigenvalue weighted by Crippen LogP contribution is -2.59. The van der Waals surface area contributed by atoms with Gasteiger partial charge in [0.25, 0.3) is 0 Å². The molecule has 0 spiro atoms. The van der Waals surface area contributed by atoms with Gasteiger partial charge in [-0.25, -0.2) is 4.39 Å². The van der Waals surface area contributed by atoms with E-state index in [9.17, 15) is 4.39 Å². The standard InChI is InChI=1S/C6H12FNO3/c7-5-3(2-9)8-1-4(10)6(5)11/h3-6,8-11H,1-2H2.